The van der Waals surface area contributed by atoms with E-state index in [1.54, 1.807) is 12.1 Å². The predicted molar refractivity (Wildman–Crippen MR) is 48.2 cm³/mol. The number of carbonyl (C=O) groups excluding carboxylic acids is 1. The third kappa shape index (κ3) is 3.57. The Morgan fingerprint density at radius 3 is 2.31 bits per heavy atom. The van der Waals surface area contributed by atoms with E-state index in [1.807, 2.05) is 18.2 Å². The molecule has 0 aliphatic carbocycles. The fourth-order valence-corrected chi connectivity index (χ4v) is 0.865. The van der Waals surface area contributed by atoms with E-state index in [-0.39, 0.29) is 38.6 Å². The van der Waals surface area contributed by atoms with E-state index in [2.05, 4.69) is 14.0 Å². The summed E-state index contributed by atoms with van der Waals surface area (Å²) in [7, 11) is 3.55. The number of hydrogen-bond acceptors (Lipinski definition) is 1. The third-order valence-corrected chi connectivity index (χ3v) is 1.58. The Hall–Kier alpha value is -0.206. The molecule has 0 heterocycles. The van der Waals surface area contributed by atoms with Gasteiger partial charge in [0.1, 0.15) is 0 Å². The first-order valence-corrected chi connectivity index (χ1v) is 3.72. The van der Waals surface area contributed by atoms with Crippen LogP contribution < -0.4 is 0 Å². The number of rotatable bonds is 2. The molecule has 0 N–H and O–H groups in total. The molecule has 0 fully saturated rings. The first kappa shape index (κ1) is 12.8. The molecule has 0 atom stereocenters. The minimum atomic E-state index is -0.0920. The van der Waals surface area contributed by atoms with Gasteiger partial charge in [0.2, 0.25) is 5.91 Å². The Bertz CT molecular complexity index is 261. The minimum Gasteiger partial charge on any atom is -0.517 e. The number of amides is 1. The van der Waals surface area contributed by atoms with E-state index in [0.717, 1.165) is 0 Å². The number of carbonyl (C=O) groups is 1. The Labute approximate surface area is 104 Å². The standard InChI is InChI=1S/C10H11NO.Y/c1-3-11(2)10(12)9-7-5-4-6-8-9;/h4-8H,1-3H2;/q-2;. The van der Waals surface area contributed by atoms with Crippen LogP contribution in [0, 0.1) is 14.0 Å². The summed E-state index contributed by atoms with van der Waals surface area (Å²) in [5.41, 5.74) is 0.649. The van der Waals surface area contributed by atoms with Crippen molar-refractivity contribution in [3.05, 3.63) is 49.9 Å². The summed E-state index contributed by atoms with van der Waals surface area (Å²) in [6.07, 6.45) is 0. The van der Waals surface area contributed by atoms with Crippen molar-refractivity contribution in [2.24, 2.45) is 0 Å². The summed E-state index contributed by atoms with van der Waals surface area (Å²) in [5, 5.41) is 0. The molecule has 0 aliphatic rings. The van der Waals surface area contributed by atoms with Gasteiger partial charge in [-0.3, -0.25) is 11.8 Å². The molecule has 1 aromatic carbocycles. The zero-order valence-electron chi connectivity index (χ0n) is 7.44. The van der Waals surface area contributed by atoms with E-state index in [4.69, 9.17) is 0 Å². The van der Waals surface area contributed by atoms with Gasteiger partial charge in [0.15, 0.2) is 0 Å². The smallest absolute Gasteiger partial charge is 0.222 e. The van der Waals surface area contributed by atoms with E-state index < -0.39 is 0 Å². The molecule has 1 rings (SSSR count). The van der Waals surface area contributed by atoms with Crippen LogP contribution in [0.2, 0.25) is 0 Å². The van der Waals surface area contributed by atoms with Crippen molar-refractivity contribution in [3.8, 4) is 0 Å². The van der Waals surface area contributed by atoms with Crippen LogP contribution in [-0.4, -0.2) is 17.4 Å². The Morgan fingerprint density at radius 1 is 1.31 bits per heavy atom. The van der Waals surface area contributed by atoms with Gasteiger partial charge in [-0.05, 0) is 12.1 Å². The molecule has 0 bridgehead atoms. The summed E-state index contributed by atoms with van der Waals surface area (Å²) in [4.78, 5) is 12.7. The van der Waals surface area contributed by atoms with Crippen LogP contribution in [-0.2, 0) is 32.7 Å². The van der Waals surface area contributed by atoms with Gasteiger partial charge in [0.25, 0.3) is 0 Å². The van der Waals surface area contributed by atoms with Gasteiger partial charge in [-0.15, -0.1) is 6.54 Å². The summed E-state index contributed by atoms with van der Waals surface area (Å²) < 4.78 is 0. The van der Waals surface area contributed by atoms with Crippen molar-refractivity contribution < 1.29 is 37.5 Å². The van der Waals surface area contributed by atoms with Crippen LogP contribution in [0.1, 0.15) is 10.4 Å². The average molecular weight is 250 g/mol. The van der Waals surface area contributed by atoms with Crippen molar-refractivity contribution in [2.75, 3.05) is 6.54 Å². The second kappa shape index (κ2) is 6.28. The molecule has 0 saturated carbocycles. The first-order valence-electron chi connectivity index (χ1n) is 3.72. The molecule has 0 aliphatic heterocycles. The number of benzene rings is 1. The van der Waals surface area contributed by atoms with Crippen molar-refractivity contribution in [3.63, 3.8) is 0 Å². The van der Waals surface area contributed by atoms with E-state index in [1.165, 1.54) is 4.90 Å². The normalized spacial score (nSPS) is 8.77. The fraction of sp³-hybridized carbons (Fsp3) is 0.100. The maximum Gasteiger partial charge on any atom is 0.222 e. The zero-order chi connectivity index (χ0) is 8.97. The number of hydrogen-bond donors (Lipinski definition) is 0. The molecule has 0 saturated heterocycles. The molecule has 13 heavy (non-hydrogen) atoms. The molecular formula is C10H11NOY-2. The maximum atomic E-state index is 11.4. The van der Waals surface area contributed by atoms with Crippen molar-refractivity contribution in [1.29, 1.82) is 0 Å². The maximum absolute atomic E-state index is 11.4. The SMILES string of the molecule is [CH2-]CN([CH2-])C(=O)c1ccccc1.[Y]. The van der Waals surface area contributed by atoms with Crippen LogP contribution >= 0.6 is 0 Å². The fourth-order valence-electron chi connectivity index (χ4n) is 0.865. The van der Waals surface area contributed by atoms with Gasteiger partial charge in [0.05, 0.1) is 0 Å². The summed E-state index contributed by atoms with van der Waals surface area (Å²) in [6, 6.07) is 9.04. The summed E-state index contributed by atoms with van der Waals surface area (Å²) in [6.45, 7) is 3.96. The molecule has 2 nitrogen and oxygen atoms in total. The minimum absolute atomic E-state index is 0. The second-order valence-corrected chi connectivity index (χ2v) is 2.43. The molecule has 0 unspecified atom stereocenters. The topological polar surface area (TPSA) is 20.3 Å². The largest absolute Gasteiger partial charge is 0.517 e. The van der Waals surface area contributed by atoms with Gasteiger partial charge in [-0.1, -0.05) is 18.2 Å². The van der Waals surface area contributed by atoms with Crippen molar-refractivity contribution >= 4 is 5.91 Å². The van der Waals surface area contributed by atoms with Crippen molar-refractivity contribution in [1.82, 2.24) is 4.90 Å². The molecule has 0 aromatic heterocycles. The first-order chi connectivity index (χ1) is 5.75. The molecule has 1 radical (unpaired) electrons. The van der Waals surface area contributed by atoms with Crippen LogP contribution in [0.15, 0.2) is 30.3 Å². The molecule has 3 heteroatoms. The Morgan fingerprint density at radius 2 is 1.85 bits per heavy atom. The molecular weight excluding hydrogens is 239 g/mol. The van der Waals surface area contributed by atoms with E-state index in [0.29, 0.717) is 12.1 Å². The zero-order valence-corrected chi connectivity index (χ0v) is 10.3. The van der Waals surface area contributed by atoms with Crippen LogP contribution in [0.5, 0.6) is 0 Å². The molecule has 1 amide bonds. The Balaban J connectivity index is 0.00000144. The average Bonchev–Trinajstić information content (AvgIpc) is 2.17. The van der Waals surface area contributed by atoms with Crippen molar-refractivity contribution in [2.45, 2.75) is 0 Å². The number of nitrogens with zero attached hydrogens (tertiary/aromatic N) is 1. The second-order valence-electron chi connectivity index (χ2n) is 2.43. The monoisotopic (exact) mass is 250 g/mol. The molecule has 1 aromatic rings. The van der Waals surface area contributed by atoms with Gasteiger partial charge in [-0.25, -0.2) is 0 Å². The van der Waals surface area contributed by atoms with Crippen LogP contribution in [0.25, 0.3) is 0 Å². The van der Waals surface area contributed by atoms with E-state index in [9.17, 15) is 4.79 Å². The van der Waals surface area contributed by atoms with Gasteiger partial charge >= 0.3 is 0 Å². The third-order valence-electron chi connectivity index (χ3n) is 1.58. The quantitative estimate of drug-likeness (QED) is 0.732. The van der Waals surface area contributed by atoms with Gasteiger partial charge < -0.3 is 11.8 Å². The Kier molecular flexibility index (Phi) is 6.18. The molecule has 67 valence electrons. The van der Waals surface area contributed by atoms with E-state index >= 15 is 0 Å². The predicted octanol–water partition coefficient (Wildman–Crippen LogP) is 1.75. The van der Waals surface area contributed by atoms with Gasteiger partial charge in [-0.2, -0.15) is 0 Å². The van der Waals surface area contributed by atoms with Crippen LogP contribution in [0.3, 0.4) is 0 Å². The van der Waals surface area contributed by atoms with Crippen LogP contribution in [0.4, 0.5) is 0 Å². The summed E-state index contributed by atoms with van der Waals surface area (Å²) >= 11 is 0. The molecule has 0 spiro atoms. The summed E-state index contributed by atoms with van der Waals surface area (Å²) in [5.74, 6) is -0.0920. The van der Waals surface area contributed by atoms with Gasteiger partial charge in [0, 0.05) is 38.3 Å².